The van der Waals surface area contributed by atoms with E-state index in [9.17, 15) is 4.79 Å². The highest BCUT2D eigenvalue weighted by atomic mass is 32.1. The summed E-state index contributed by atoms with van der Waals surface area (Å²) in [5.41, 5.74) is 8.01. The van der Waals surface area contributed by atoms with E-state index in [1.807, 2.05) is 31.3 Å². The number of carbonyl (C=O) groups is 1. The van der Waals surface area contributed by atoms with Crippen LogP contribution in [-0.4, -0.2) is 25.0 Å². The summed E-state index contributed by atoms with van der Waals surface area (Å²) < 4.78 is 0. The number of nitrogens with two attached hydrogens (primary N) is 1. The first-order valence-corrected chi connectivity index (χ1v) is 7.61. The van der Waals surface area contributed by atoms with Crippen LogP contribution in [0.5, 0.6) is 0 Å². The second-order valence-corrected chi connectivity index (χ2v) is 6.12. The predicted octanol–water partition coefficient (Wildman–Crippen LogP) is 2.28. The standard InChI is InChI=1S/C15H20N4OS/c1-4-11-8-17-14(21-11)9-18-15(20)10-5-6-13(19(2)3)12(16)7-10/h5-8H,4,9,16H2,1-3H3,(H,18,20). The Labute approximate surface area is 128 Å². The summed E-state index contributed by atoms with van der Waals surface area (Å²) in [5.74, 6) is -0.139. The summed E-state index contributed by atoms with van der Waals surface area (Å²) in [4.78, 5) is 19.5. The Bertz CT molecular complexity index is 636. The first kappa shape index (κ1) is 15.3. The Morgan fingerprint density at radius 1 is 1.43 bits per heavy atom. The van der Waals surface area contributed by atoms with Crippen LogP contribution in [-0.2, 0) is 13.0 Å². The third-order valence-electron chi connectivity index (χ3n) is 3.12. The lowest BCUT2D eigenvalue weighted by Crippen LogP contribution is -2.23. The molecule has 0 saturated heterocycles. The molecule has 0 aliphatic heterocycles. The summed E-state index contributed by atoms with van der Waals surface area (Å²) in [7, 11) is 3.83. The number of aryl methyl sites for hydroxylation is 1. The molecule has 1 aromatic heterocycles. The van der Waals surface area contributed by atoms with Crippen LogP contribution in [0.3, 0.4) is 0 Å². The maximum atomic E-state index is 12.1. The van der Waals surface area contributed by atoms with Crippen LogP contribution in [0, 0.1) is 0 Å². The fraction of sp³-hybridized carbons (Fsp3) is 0.333. The Morgan fingerprint density at radius 2 is 2.19 bits per heavy atom. The van der Waals surface area contributed by atoms with Gasteiger partial charge in [0.15, 0.2) is 0 Å². The average Bonchev–Trinajstić information content (AvgIpc) is 2.92. The van der Waals surface area contributed by atoms with Gasteiger partial charge in [0.1, 0.15) is 5.01 Å². The molecule has 0 fully saturated rings. The third kappa shape index (κ3) is 3.72. The number of carbonyl (C=O) groups excluding carboxylic acids is 1. The van der Waals surface area contributed by atoms with Crippen LogP contribution in [0.15, 0.2) is 24.4 Å². The number of hydrogen-bond acceptors (Lipinski definition) is 5. The zero-order valence-electron chi connectivity index (χ0n) is 12.5. The number of hydrogen-bond donors (Lipinski definition) is 2. The Hall–Kier alpha value is -2.08. The largest absolute Gasteiger partial charge is 0.397 e. The molecule has 0 aliphatic rings. The number of nitrogens with zero attached hydrogens (tertiary/aromatic N) is 2. The van der Waals surface area contributed by atoms with Gasteiger partial charge in [0, 0.05) is 30.7 Å². The minimum Gasteiger partial charge on any atom is -0.397 e. The average molecular weight is 304 g/mol. The smallest absolute Gasteiger partial charge is 0.251 e. The molecule has 112 valence electrons. The van der Waals surface area contributed by atoms with Crippen molar-refractivity contribution >= 4 is 28.6 Å². The lowest BCUT2D eigenvalue weighted by molar-refractivity contribution is 0.0951. The van der Waals surface area contributed by atoms with Gasteiger partial charge >= 0.3 is 0 Å². The highest BCUT2D eigenvalue weighted by molar-refractivity contribution is 7.11. The van der Waals surface area contributed by atoms with Crippen molar-refractivity contribution in [3.05, 3.63) is 39.8 Å². The monoisotopic (exact) mass is 304 g/mol. The predicted molar refractivity (Wildman–Crippen MR) is 87.8 cm³/mol. The molecule has 21 heavy (non-hydrogen) atoms. The van der Waals surface area contributed by atoms with Crippen molar-refractivity contribution in [2.45, 2.75) is 19.9 Å². The molecular weight excluding hydrogens is 284 g/mol. The van der Waals surface area contributed by atoms with Crippen molar-refractivity contribution in [1.82, 2.24) is 10.3 Å². The minimum atomic E-state index is -0.139. The zero-order chi connectivity index (χ0) is 15.4. The lowest BCUT2D eigenvalue weighted by Gasteiger charge is -2.15. The summed E-state index contributed by atoms with van der Waals surface area (Å²) in [6.45, 7) is 2.53. The van der Waals surface area contributed by atoms with Gasteiger partial charge in [-0.1, -0.05) is 6.92 Å². The van der Waals surface area contributed by atoms with Gasteiger partial charge in [-0.25, -0.2) is 4.98 Å². The van der Waals surface area contributed by atoms with Gasteiger partial charge in [0.05, 0.1) is 17.9 Å². The van der Waals surface area contributed by atoms with E-state index in [0.29, 0.717) is 17.8 Å². The van der Waals surface area contributed by atoms with Gasteiger partial charge in [-0.2, -0.15) is 0 Å². The summed E-state index contributed by atoms with van der Waals surface area (Å²) in [5, 5.41) is 3.78. The van der Waals surface area contributed by atoms with Crippen molar-refractivity contribution in [1.29, 1.82) is 0 Å². The molecule has 0 spiro atoms. The molecule has 6 heteroatoms. The van der Waals surface area contributed by atoms with Crippen molar-refractivity contribution in [2.24, 2.45) is 0 Å². The van der Waals surface area contributed by atoms with Crippen LogP contribution in [0.25, 0.3) is 0 Å². The number of rotatable bonds is 5. The fourth-order valence-corrected chi connectivity index (χ4v) is 2.76. The van der Waals surface area contributed by atoms with Crippen LogP contribution in [0.1, 0.15) is 27.2 Å². The molecule has 3 N–H and O–H groups in total. The molecule has 0 atom stereocenters. The van der Waals surface area contributed by atoms with Gasteiger partial charge < -0.3 is 16.0 Å². The maximum Gasteiger partial charge on any atom is 0.251 e. The van der Waals surface area contributed by atoms with Crippen LogP contribution in [0.2, 0.25) is 0 Å². The molecule has 0 unspecified atom stereocenters. The Kier molecular flexibility index (Phi) is 4.80. The lowest BCUT2D eigenvalue weighted by atomic mass is 10.1. The highest BCUT2D eigenvalue weighted by Crippen LogP contribution is 2.22. The van der Waals surface area contributed by atoms with Crippen molar-refractivity contribution in [2.75, 3.05) is 24.7 Å². The van der Waals surface area contributed by atoms with Gasteiger partial charge in [-0.3, -0.25) is 4.79 Å². The Morgan fingerprint density at radius 3 is 2.76 bits per heavy atom. The zero-order valence-corrected chi connectivity index (χ0v) is 13.3. The number of aromatic nitrogens is 1. The summed E-state index contributed by atoms with van der Waals surface area (Å²) in [6, 6.07) is 5.33. The first-order valence-electron chi connectivity index (χ1n) is 6.80. The number of amides is 1. The Balaban J connectivity index is 2.01. The maximum absolute atomic E-state index is 12.1. The van der Waals surface area contributed by atoms with Gasteiger partial charge in [0.2, 0.25) is 0 Å². The molecule has 1 heterocycles. The van der Waals surface area contributed by atoms with E-state index in [1.54, 1.807) is 23.5 Å². The van der Waals surface area contributed by atoms with E-state index < -0.39 is 0 Å². The van der Waals surface area contributed by atoms with E-state index >= 15 is 0 Å². The van der Waals surface area contributed by atoms with Crippen LogP contribution in [0.4, 0.5) is 11.4 Å². The molecule has 1 amide bonds. The third-order valence-corrected chi connectivity index (χ3v) is 4.26. The van der Waals surface area contributed by atoms with E-state index in [2.05, 4.69) is 17.2 Å². The molecule has 0 radical (unpaired) electrons. The summed E-state index contributed by atoms with van der Waals surface area (Å²) >= 11 is 1.62. The molecule has 0 saturated carbocycles. The van der Waals surface area contributed by atoms with E-state index in [1.165, 1.54) is 4.88 Å². The molecule has 0 bridgehead atoms. The molecule has 1 aromatic carbocycles. The first-order chi connectivity index (χ1) is 10.0. The van der Waals surface area contributed by atoms with Gasteiger partial charge in [-0.05, 0) is 24.6 Å². The molecule has 2 rings (SSSR count). The molecule has 5 nitrogen and oxygen atoms in total. The SMILES string of the molecule is CCc1cnc(CNC(=O)c2ccc(N(C)C)c(N)c2)s1. The molecule has 2 aromatic rings. The molecular formula is C15H20N4OS. The number of nitrogens with one attached hydrogen (secondary N) is 1. The van der Waals surface area contributed by atoms with Crippen LogP contribution < -0.4 is 16.0 Å². The van der Waals surface area contributed by atoms with Crippen molar-refractivity contribution < 1.29 is 4.79 Å². The number of anilines is 2. The van der Waals surface area contributed by atoms with E-state index in [0.717, 1.165) is 17.1 Å². The minimum absolute atomic E-state index is 0.139. The van der Waals surface area contributed by atoms with Crippen LogP contribution >= 0.6 is 11.3 Å². The fourth-order valence-electron chi connectivity index (χ4n) is 1.95. The molecule has 0 aliphatic carbocycles. The highest BCUT2D eigenvalue weighted by Gasteiger charge is 2.10. The normalized spacial score (nSPS) is 10.4. The number of benzene rings is 1. The van der Waals surface area contributed by atoms with E-state index in [4.69, 9.17) is 5.73 Å². The van der Waals surface area contributed by atoms with Crippen molar-refractivity contribution in [3.63, 3.8) is 0 Å². The second kappa shape index (κ2) is 6.58. The van der Waals surface area contributed by atoms with Crippen molar-refractivity contribution in [3.8, 4) is 0 Å². The van der Waals surface area contributed by atoms with Gasteiger partial charge in [-0.15, -0.1) is 11.3 Å². The summed E-state index contributed by atoms with van der Waals surface area (Å²) in [6.07, 6.45) is 2.82. The number of thiazole rings is 1. The van der Waals surface area contributed by atoms with E-state index in [-0.39, 0.29) is 5.91 Å². The second-order valence-electron chi connectivity index (χ2n) is 4.92. The topological polar surface area (TPSA) is 71.2 Å². The quantitative estimate of drug-likeness (QED) is 0.831. The number of nitrogen functional groups attached to an aromatic ring is 1. The van der Waals surface area contributed by atoms with Gasteiger partial charge in [0.25, 0.3) is 5.91 Å².